The molecular formula is C18H21NO4. The van der Waals surface area contributed by atoms with Crippen LogP contribution in [0.25, 0.3) is 0 Å². The van der Waals surface area contributed by atoms with Crippen LogP contribution in [0.15, 0.2) is 30.4 Å². The number of aliphatic carboxylic acids is 1. The van der Waals surface area contributed by atoms with E-state index in [1.165, 1.54) is 0 Å². The lowest BCUT2D eigenvalue weighted by Gasteiger charge is -2.22. The number of para-hydroxylation sites is 1. The van der Waals surface area contributed by atoms with Crippen molar-refractivity contribution in [2.75, 3.05) is 5.32 Å². The van der Waals surface area contributed by atoms with Gasteiger partial charge < -0.3 is 15.2 Å². The molecule has 2 bridgehead atoms. The molecule has 0 aromatic heterocycles. The van der Waals surface area contributed by atoms with Crippen molar-refractivity contribution in [2.24, 2.45) is 11.8 Å². The van der Waals surface area contributed by atoms with E-state index in [4.69, 9.17) is 4.74 Å². The van der Waals surface area contributed by atoms with E-state index >= 15 is 0 Å². The molecule has 23 heavy (non-hydrogen) atoms. The number of carboxylic acid groups (broad SMARTS) is 1. The smallest absolute Gasteiger partial charge is 0.310 e. The van der Waals surface area contributed by atoms with E-state index in [2.05, 4.69) is 5.32 Å². The fraction of sp³-hybridized carbons (Fsp3) is 0.444. The molecule has 5 heteroatoms. The van der Waals surface area contributed by atoms with Gasteiger partial charge in [0.05, 0.1) is 18.1 Å². The van der Waals surface area contributed by atoms with Crippen LogP contribution in [0.2, 0.25) is 0 Å². The first-order valence-electron chi connectivity index (χ1n) is 8.05. The number of hydrogen-bond acceptors (Lipinski definition) is 3. The summed E-state index contributed by atoms with van der Waals surface area (Å²) in [5.41, 5.74) is 2.94. The van der Waals surface area contributed by atoms with Crippen LogP contribution in [0, 0.1) is 11.8 Å². The summed E-state index contributed by atoms with van der Waals surface area (Å²) < 4.78 is 5.58. The second-order valence-electron chi connectivity index (χ2n) is 5.99. The minimum Gasteiger partial charge on any atom is -0.481 e. The molecule has 0 aliphatic carbocycles. The molecule has 5 nitrogen and oxygen atoms in total. The van der Waals surface area contributed by atoms with Crippen molar-refractivity contribution in [2.45, 2.75) is 38.9 Å². The van der Waals surface area contributed by atoms with Gasteiger partial charge in [-0.15, -0.1) is 0 Å². The average Bonchev–Trinajstić information content (AvgIpc) is 3.15. The minimum absolute atomic E-state index is 0.273. The highest BCUT2D eigenvalue weighted by molar-refractivity contribution is 5.97. The molecule has 3 rings (SSSR count). The molecule has 2 aliphatic heterocycles. The Labute approximate surface area is 135 Å². The Hall–Kier alpha value is -2.14. The summed E-state index contributed by atoms with van der Waals surface area (Å²) in [5, 5.41) is 12.4. The quantitative estimate of drug-likeness (QED) is 0.818. The Balaban J connectivity index is 1.88. The van der Waals surface area contributed by atoms with E-state index in [1.807, 2.05) is 32.0 Å². The molecule has 1 aromatic carbocycles. The number of carboxylic acids is 1. The number of rotatable bonds is 5. The Morgan fingerprint density at radius 1 is 1.09 bits per heavy atom. The van der Waals surface area contributed by atoms with E-state index in [-0.39, 0.29) is 5.91 Å². The van der Waals surface area contributed by atoms with E-state index < -0.39 is 30.0 Å². The zero-order valence-corrected chi connectivity index (χ0v) is 13.3. The second kappa shape index (κ2) is 6.16. The van der Waals surface area contributed by atoms with E-state index in [0.29, 0.717) is 0 Å². The molecule has 0 spiro atoms. The predicted molar refractivity (Wildman–Crippen MR) is 86.2 cm³/mol. The fourth-order valence-electron chi connectivity index (χ4n) is 3.52. The molecule has 2 heterocycles. The minimum atomic E-state index is -0.985. The maximum Gasteiger partial charge on any atom is 0.310 e. The second-order valence-corrected chi connectivity index (χ2v) is 5.99. The van der Waals surface area contributed by atoms with Gasteiger partial charge >= 0.3 is 5.97 Å². The topological polar surface area (TPSA) is 75.6 Å². The lowest BCUT2D eigenvalue weighted by atomic mass is 9.82. The highest BCUT2D eigenvalue weighted by atomic mass is 16.5. The molecule has 1 amide bonds. The van der Waals surface area contributed by atoms with Crippen LogP contribution in [0.1, 0.15) is 25.0 Å². The van der Waals surface area contributed by atoms with Gasteiger partial charge in [-0.1, -0.05) is 44.2 Å². The monoisotopic (exact) mass is 315 g/mol. The summed E-state index contributed by atoms with van der Waals surface area (Å²) in [5.74, 6) is -2.76. The average molecular weight is 315 g/mol. The summed E-state index contributed by atoms with van der Waals surface area (Å²) in [6, 6.07) is 5.96. The van der Waals surface area contributed by atoms with Gasteiger partial charge in [0, 0.05) is 5.69 Å². The lowest BCUT2D eigenvalue weighted by molar-refractivity contribution is -0.145. The summed E-state index contributed by atoms with van der Waals surface area (Å²) in [4.78, 5) is 24.3. The predicted octanol–water partition coefficient (Wildman–Crippen LogP) is 2.40. The molecule has 122 valence electrons. The third kappa shape index (κ3) is 2.65. The highest BCUT2D eigenvalue weighted by Gasteiger charge is 2.53. The number of amides is 1. The molecule has 0 saturated carbocycles. The van der Waals surface area contributed by atoms with Gasteiger partial charge in [0.15, 0.2) is 0 Å². The van der Waals surface area contributed by atoms with Gasteiger partial charge in [0.1, 0.15) is 5.92 Å². The Bertz CT molecular complexity index is 645. The molecule has 2 aliphatic rings. The molecular weight excluding hydrogens is 294 g/mol. The first kappa shape index (κ1) is 15.7. The van der Waals surface area contributed by atoms with Gasteiger partial charge in [0.25, 0.3) is 0 Å². The first-order chi connectivity index (χ1) is 11.1. The molecule has 2 N–H and O–H groups in total. The third-order valence-corrected chi connectivity index (χ3v) is 4.73. The van der Waals surface area contributed by atoms with E-state index in [1.54, 1.807) is 12.2 Å². The summed E-state index contributed by atoms with van der Waals surface area (Å²) in [6.07, 6.45) is 4.20. The normalized spacial score (nSPS) is 28.1. The van der Waals surface area contributed by atoms with Gasteiger partial charge in [-0.2, -0.15) is 0 Å². The Morgan fingerprint density at radius 3 is 2.17 bits per heavy atom. The van der Waals surface area contributed by atoms with Crippen LogP contribution in [-0.4, -0.2) is 29.2 Å². The highest BCUT2D eigenvalue weighted by Crippen LogP contribution is 2.40. The maximum absolute atomic E-state index is 12.8. The van der Waals surface area contributed by atoms with Crippen LogP contribution in [-0.2, 0) is 27.2 Å². The number of hydrogen-bond donors (Lipinski definition) is 2. The summed E-state index contributed by atoms with van der Waals surface area (Å²) in [7, 11) is 0. The van der Waals surface area contributed by atoms with Crippen LogP contribution in [0.5, 0.6) is 0 Å². The lowest BCUT2D eigenvalue weighted by Crippen LogP contribution is -2.39. The molecule has 0 unspecified atom stereocenters. The van der Waals surface area contributed by atoms with Crippen molar-refractivity contribution in [3.8, 4) is 0 Å². The number of ether oxygens (including phenoxy) is 1. The molecule has 4 atom stereocenters. The van der Waals surface area contributed by atoms with Gasteiger partial charge in [-0.3, -0.25) is 9.59 Å². The van der Waals surface area contributed by atoms with Crippen molar-refractivity contribution in [1.82, 2.24) is 0 Å². The van der Waals surface area contributed by atoms with Gasteiger partial charge in [-0.25, -0.2) is 0 Å². The summed E-state index contributed by atoms with van der Waals surface area (Å²) in [6.45, 7) is 4.07. The number of carbonyl (C=O) groups is 2. The molecule has 1 saturated heterocycles. The van der Waals surface area contributed by atoms with Crippen molar-refractivity contribution in [3.05, 3.63) is 41.5 Å². The standard InChI is InChI=1S/C18H21NO4/c1-3-10-6-5-7-11(4-2)16(10)19-17(20)14-12-8-9-13(23-12)15(14)18(21)22/h5-9,12-15H,3-4H2,1-2H3,(H,19,20)(H,21,22)/t12-,13-,14+,15-/m0/s1. The van der Waals surface area contributed by atoms with E-state index in [0.717, 1.165) is 29.7 Å². The number of nitrogens with one attached hydrogen (secondary N) is 1. The fourth-order valence-corrected chi connectivity index (χ4v) is 3.52. The zero-order valence-electron chi connectivity index (χ0n) is 13.3. The van der Waals surface area contributed by atoms with Crippen LogP contribution in [0.3, 0.4) is 0 Å². The molecule has 1 aromatic rings. The number of carbonyl (C=O) groups excluding carboxylic acids is 1. The van der Waals surface area contributed by atoms with Crippen LogP contribution < -0.4 is 5.32 Å². The number of fused-ring (bicyclic) bond motifs is 2. The SMILES string of the molecule is CCc1cccc(CC)c1NC(=O)[C@H]1[C@@H](C(=O)O)[C@@H]2C=C[C@@H]1O2. The largest absolute Gasteiger partial charge is 0.481 e. The van der Waals surface area contributed by atoms with E-state index in [9.17, 15) is 14.7 Å². The summed E-state index contributed by atoms with van der Waals surface area (Å²) >= 11 is 0. The maximum atomic E-state index is 12.8. The van der Waals surface area contributed by atoms with Gasteiger partial charge in [0.2, 0.25) is 5.91 Å². The molecule has 1 fully saturated rings. The van der Waals surface area contributed by atoms with Crippen molar-refractivity contribution >= 4 is 17.6 Å². The zero-order chi connectivity index (χ0) is 16.6. The third-order valence-electron chi connectivity index (χ3n) is 4.73. The van der Waals surface area contributed by atoms with Crippen LogP contribution >= 0.6 is 0 Å². The first-order valence-corrected chi connectivity index (χ1v) is 8.05. The molecule has 0 radical (unpaired) electrons. The van der Waals surface area contributed by atoms with Crippen LogP contribution in [0.4, 0.5) is 5.69 Å². The van der Waals surface area contributed by atoms with Crippen molar-refractivity contribution in [3.63, 3.8) is 0 Å². The Morgan fingerprint density at radius 2 is 1.65 bits per heavy atom. The number of aryl methyl sites for hydroxylation is 2. The number of anilines is 1. The van der Waals surface area contributed by atoms with Gasteiger partial charge in [-0.05, 0) is 24.0 Å². The Kier molecular flexibility index (Phi) is 4.22. The number of benzene rings is 1. The van der Waals surface area contributed by atoms with Crippen molar-refractivity contribution < 1.29 is 19.4 Å². The van der Waals surface area contributed by atoms with Crippen molar-refractivity contribution in [1.29, 1.82) is 0 Å².